The number of fused-ring (bicyclic) bond motifs is 1. The van der Waals surface area contributed by atoms with E-state index in [9.17, 15) is 9.90 Å². The molecule has 0 saturated heterocycles. The highest BCUT2D eigenvalue weighted by atomic mass is 32.1. The van der Waals surface area contributed by atoms with Crippen molar-refractivity contribution in [1.29, 1.82) is 0 Å². The van der Waals surface area contributed by atoms with E-state index in [1.54, 1.807) is 6.07 Å². The fourth-order valence-electron chi connectivity index (χ4n) is 3.32. The number of thiophene rings is 1. The Hall–Kier alpha value is -3.39. The fourth-order valence-corrected chi connectivity index (χ4v) is 4.23. The van der Waals surface area contributed by atoms with Gasteiger partial charge in [-0.3, -0.25) is 0 Å². The van der Waals surface area contributed by atoms with Gasteiger partial charge in [0.2, 0.25) is 0 Å². The maximum absolute atomic E-state index is 11.5. The number of aromatic nitrogens is 3. The van der Waals surface area contributed by atoms with Crippen molar-refractivity contribution in [3.63, 3.8) is 0 Å². The van der Waals surface area contributed by atoms with Crippen LogP contribution in [-0.2, 0) is 13.5 Å². The number of aromatic carboxylic acids is 1. The summed E-state index contributed by atoms with van der Waals surface area (Å²) >= 11 is 1.15. The highest BCUT2D eigenvalue weighted by molar-refractivity contribution is 7.17. The first-order chi connectivity index (χ1) is 14.5. The molecule has 4 aromatic rings. The van der Waals surface area contributed by atoms with Crippen LogP contribution in [0.15, 0.2) is 48.9 Å². The van der Waals surface area contributed by atoms with Gasteiger partial charge in [-0.1, -0.05) is 6.07 Å². The molecule has 8 heteroatoms. The molecule has 0 spiro atoms. The number of carboxylic acid groups (broad SMARTS) is 1. The molecule has 0 aliphatic rings. The summed E-state index contributed by atoms with van der Waals surface area (Å²) in [5, 5.41) is 13.9. The summed E-state index contributed by atoms with van der Waals surface area (Å²) in [7, 11) is 2.04. The van der Waals surface area contributed by atoms with E-state index in [1.165, 1.54) is 22.8 Å². The zero-order valence-corrected chi connectivity index (χ0v) is 17.6. The molecule has 0 fully saturated rings. The zero-order chi connectivity index (χ0) is 21.1. The lowest BCUT2D eigenvalue weighted by Crippen LogP contribution is -2.06. The molecule has 30 heavy (non-hydrogen) atoms. The lowest BCUT2D eigenvalue weighted by atomic mass is 10.1. The quantitative estimate of drug-likeness (QED) is 0.436. The van der Waals surface area contributed by atoms with E-state index in [-0.39, 0.29) is 4.88 Å². The molecule has 3 heterocycles. The van der Waals surface area contributed by atoms with Gasteiger partial charge < -0.3 is 19.7 Å². The lowest BCUT2D eigenvalue weighted by Gasteiger charge is -2.07. The highest BCUT2D eigenvalue weighted by Gasteiger charge is 2.18. The second-order valence-corrected chi connectivity index (χ2v) is 7.88. The summed E-state index contributed by atoms with van der Waals surface area (Å²) in [6.45, 7) is 2.96. The Morgan fingerprint density at radius 2 is 2.10 bits per heavy atom. The predicted octanol–water partition coefficient (Wildman–Crippen LogP) is 4.45. The van der Waals surface area contributed by atoms with Crippen LogP contribution in [0.2, 0.25) is 0 Å². The Morgan fingerprint density at radius 1 is 1.23 bits per heavy atom. The molecule has 7 nitrogen and oxygen atoms in total. The Kier molecular flexibility index (Phi) is 5.67. The van der Waals surface area contributed by atoms with Crippen molar-refractivity contribution in [3.8, 4) is 16.3 Å². The number of carboxylic acids is 1. The second kappa shape index (κ2) is 8.54. The van der Waals surface area contributed by atoms with Gasteiger partial charge in [0.1, 0.15) is 17.9 Å². The number of nitrogens with zero attached hydrogens (tertiary/aromatic N) is 3. The monoisotopic (exact) mass is 422 g/mol. The van der Waals surface area contributed by atoms with Crippen LogP contribution >= 0.6 is 11.3 Å². The third-order valence-corrected chi connectivity index (χ3v) is 5.91. The molecule has 1 aromatic carbocycles. The first-order valence-corrected chi connectivity index (χ1v) is 10.5. The molecule has 0 atom stereocenters. The van der Waals surface area contributed by atoms with Crippen molar-refractivity contribution in [1.82, 2.24) is 14.5 Å². The summed E-state index contributed by atoms with van der Waals surface area (Å²) in [6, 6.07) is 12.2. The van der Waals surface area contributed by atoms with Crippen molar-refractivity contribution in [3.05, 3.63) is 59.4 Å². The zero-order valence-electron chi connectivity index (χ0n) is 16.8. The smallest absolute Gasteiger partial charge is 0.349 e. The standard InChI is InChI=1S/C22H22N4O3S/c1-3-29-18-12-19(30-21(18)22(27)28)16-11-20(25-13-24-16)23-8-6-14-4-5-17-15(10-14)7-9-26(17)2/h4-5,7,9-13H,3,6,8H2,1-2H3,(H,27,28)(H,23,24,25). The normalized spacial score (nSPS) is 11.0. The largest absolute Gasteiger partial charge is 0.492 e. The molecule has 0 bridgehead atoms. The van der Waals surface area contributed by atoms with Crippen LogP contribution in [-0.4, -0.2) is 38.8 Å². The van der Waals surface area contributed by atoms with Crippen LogP contribution in [0, 0.1) is 0 Å². The number of ether oxygens (including phenoxy) is 1. The minimum Gasteiger partial charge on any atom is -0.492 e. The Balaban J connectivity index is 1.45. The third-order valence-electron chi connectivity index (χ3n) is 4.78. The van der Waals surface area contributed by atoms with E-state index in [0.717, 1.165) is 29.2 Å². The minimum atomic E-state index is -1.00. The third kappa shape index (κ3) is 4.13. The van der Waals surface area contributed by atoms with Crippen LogP contribution in [0.5, 0.6) is 5.75 Å². The lowest BCUT2D eigenvalue weighted by molar-refractivity contribution is 0.0698. The summed E-state index contributed by atoms with van der Waals surface area (Å²) in [5.74, 6) is 0.0657. The van der Waals surface area contributed by atoms with Crippen LogP contribution in [0.25, 0.3) is 21.5 Å². The number of anilines is 1. The van der Waals surface area contributed by atoms with Crippen molar-refractivity contribution < 1.29 is 14.6 Å². The first kappa shape index (κ1) is 19.9. The van der Waals surface area contributed by atoms with Gasteiger partial charge in [-0.15, -0.1) is 11.3 Å². The first-order valence-electron chi connectivity index (χ1n) is 9.65. The van der Waals surface area contributed by atoms with Gasteiger partial charge in [-0.25, -0.2) is 14.8 Å². The maximum atomic E-state index is 11.5. The molecule has 0 amide bonds. The number of rotatable bonds is 8. The van der Waals surface area contributed by atoms with E-state index < -0.39 is 5.97 Å². The van der Waals surface area contributed by atoms with Crippen LogP contribution in [0.1, 0.15) is 22.2 Å². The molecule has 0 saturated carbocycles. The molecule has 2 N–H and O–H groups in total. The van der Waals surface area contributed by atoms with Gasteiger partial charge in [-0.05, 0) is 42.5 Å². The summed E-state index contributed by atoms with van der Waals surface area (Å²) in [4.78, 5) is 20.9. The van der Waals surface area contributed by atoms with E-state index in [1.807, 2.05) is 20.0 Å². The predicted molar refractivity (Wildman–Crippen MR) is 119 cm³/mol. The average Bonchev–Trinajstić information content (AvgIpc) is 3.33. The molecule has 154 valence electrons. The van der Waals surface area contributed by atoms with E-state index >= 15 is 0 Å². The molecule has 0 aliphatic heterocycles. The van der Waals surface area contributed by atoms with Crippen LogP contribution < -0.4 is 10.1 Å². The molecule has 0 aliphatic carbocycles. The van der Waals surface area contributed by atoms with Gasteiger partial charge in [0.05, 0.1) is 17.2 Å². The molecule has 0 radical (unpaired) electrons. The Labute approximate surface area is 178 Å². The van der Waals surface area contributed by atoms with Gasteiger partial charge in [-0.2, -0.15) is 0 Å². The Bertz CT molecular complexity index is 1200. The molecule has 0 unspecified atom stereocenters. The number of nitrogens with one attached hydrogen (secondary N) is 1. The second-order valence-electron chi connectivity index (χ2n) is 6.83. The van der Waals surface area contributed by atoms with E-state index in [4.69, 9.17) is 4.74 Å². The fraction of sp³-hybridized carbons (Fsp3) is 0.227. The summed E-state index contributed by atoms with van der Waals surface area (Å²) < 4.78 is 7.55. The number of hydrogen-bond acceptors (Lipinski definition) is 6. The van der Waals surface area contributed by atoms with Gasteiger partial charge >= 0.3 is 5.97 Å². The summed E-state index contributed by atoms with van der Waals surface area (Å²) in [6.07, 6.45) is 4.40. The van der Waals surface area contributed by atoms with Crippen molar-refractivity contribution >= 4 is 34.0 Å². The average molecular weight is 423 g/mol. The number of aryl methyl sites for hydroxylation is 1. The van der Waals surface area contributed by atoms with Crippen molar-refractivity contribution in [2.75, 3.05) is 18.5 Å². The molecule has 3 aromatic heterocycles. The van der Waals surface area contributed by atoms with E-state index in [0.29, 0.717) is 23.9 Å². The number of hydrogen-bond donors (Lipinski definition) is 2. The van der Waals surface area contributed by atoms with Crippen molar-refractivity contribution in [2.24, 2.45) is 7.05 Å². The number of carbonyl (C=O) groups is 1. The van der Waals surface area contributed by atoms with E-state index in [2.05, 4.69) is 50.3 Å². The Morgan fingerprint density at radius 3 is 2.90 bits per heavy atom. The molecule has 4 rings (SSSR count). The highest BCUT2D eigenvalue weighted by Crippen LogP contribution is 2.36. The summed E-state index contributed by atoms with van der Waals surface area (Å²) in [5.41, 5.74) is 3.13. The van der Waals surface area contributed by atoms with Crippen molar-refractivity contribution in [2.45, 2.75) is 13.3 Å². The molecular weight excluding hydrogens is 400 g/mol. The SMILES string of the molecule is CCOc1cc(-c2cc(NCCc3ccc4c(ccn4C)c3)ncn2)sc1C(=O)O. The maximum Gasteiger partial charge on any atom is 0.349 e. The van der Waals surface area contributed by atoms with Gasteiger partial charge in [0.25, 0.3) is 0 Å². The van der Waals surface area contributed by atoms with Gasteiger partial charge in [0.15, 0.2) is 4.88 Å². The van der Waals surface area contributed by atoms with Crippen LogP contribution in [0.4, 0.5) is 5.82 Å². The minimum absolute atomic E-state index is 0.177. The van der Waals surface area contributed by atoms with Gasteiger partial charge in [0, 0.05) is 37.4 Å². The molecular formula is C22H22N4O3S. The number of benzene rings is 1. The topological polar surface area (TPSA) is 89.3 Å². The van der Waals surface area contributed by atoms with Crippen LogP contribution in [0.3, 0.4) is 0 Å².